The number of carbonyl (C=O) groups is 1. The second-order valence-electron chi connectivity index (χ2n) is 5.91. The molecular formula is C21H15N3O2. The van der Waals surface area contributed by atoms with Gasteiger partial charge in [0.15, 0.2) is 5.78 Å². The number of ketones is 1. The molecule has 0 aliphatic rings. The van der Waals surface area contributed by atoms with Crippen LogP contribution in [-0.2, 0) is 6.42 Å². The fourth-order valence-corrected chi connectivity index (χ4v) is 2.94. The minimum atomic E-state index is -0.365. The number of Topliss-reactive ketones (excluding diaryl/α,β-unsaturated/α-hetero) is 1. The van der Waals surface area contributed by atoms with Gasteiger partial charge in [-0.1, -0.05) is 24.3 Å². The predicted molar refractivity (Wildman–Crippen MR) is 99.6 cm³/mol. The van der Waals surface area contributed by atoms with Crippen molar-refractivity contribution in [1.82, 2.24) is 14.5 Å². The maximum Gasteiger partial charge on any atom is 0.267 e. The average Bonchev–Trinajstić information content (AvgIpc) is 2.69. The van der Waals surface area contributed by atoms with Crippen LogP contribution in [-0.4, -0.2) is 20.3 Å². The summed E-state index contributed by atoms with van der Waals surface area (Å²) in [6.45, 7) is 0. The molecule has 0 bridgehead atoms. The van der Waals surface area contributed by atoms with E-state index in [0.717, 1.165) is 10.9 Å². The zero-order valence-electron chi connectivity index (χ0n) is 13.9. The maximum absolute atomic E-state index is 13.1. The first kappa shape index (κ1) is 15.9. The van der Waals surface area contributed by atoms with Crippen LogP contribution in [0.15, 0.2) is 84.0 Å². The molecule has 0 spiro atoms. The molecule has 0 saturated carbocycles. The van der Waals surface area contributed by atoms with Crippen LogP contribution in [0.5, 0.6) is 0 Å². The molecule has 0 aliphatic carbocycles. The minimum Gasteiger partial charge on any atom is -0.294 e. The van der Waals surface area contributed by atoms with Crippen LogP contribution < -0.4 is 5.56 Å². The van der Waals surface area contributed by atoms with Gasteiger partial charge in [-0.15, -0.1) is 0 Å². The SMILES string of the molecule is O=C(Cc1cccnc1)c1cc2cccnc2n(-c2ccccc2)c1=O. The summed E-state index contributed by atoms with van der Waals surface area (Å²) in [6.07, 6.45) is 5.05. The first-order valence-electron chi connectivity index (χ1n) is 8.22. The molecule has 5 heteroatoms. The van der Waals surface area contributed by atoms with Crippen LogP contribution in [0.2, 0.25) is 0 Å². The summed E-state index contributed by atoms with van der Waals surface area (Å²) in [5.74, 6) is -0.238. The quantitative estimate of drug-likeness (QED) is 0.535. The van der Waals surface area contributed by atoms with Crippen molar-refractivity contribution in [2.75, 3.05) is 0 Å². The minimum absolute atomic E-state index is 0.129. The van der Waals surface area contributed by atoms with Crippen LogP contribution in [0.25, 0.3) is 16.7 Å². The van der Waals surface area contributed by atoms with Crippen LogP contribution in [0.4, 0.5) is 0 Å². The summed E-state index contributed by atoms with van der Waals surface area (Å²) in [5, 5.41) is 0.741. The van der Waals surface area contributed by atoms with Gasteiger partial charge in [0.2, 0.25) is 0 Å². The van der Waals surface area contributed by atoms with Crippen molar-refractivity contribution in [2.24, 2.45) is 0 Å². The number of para-hydroxylation sites is 1. The van der Waals surface area contributed by atoms with Gasteiger partial charge in [0.1, 0.15) is 5.65 Å². The molecule has 0 atom stereocenters. The van der Waals surface area contributed by atoms with E-state index < -0.39 is 0 Å². The lowest BCUT2D eigenvalue weighted by Gasteiger charge is -2.11. The summed E-state index contributed by atoms with van der Waals surface area (Å²) < 4.78 is 1.49. The van der Waals surface area contributed by atoms with Crippen molar-refractivity contribution in [3.8, 4) is 5.69 Å². The highest BCUT2D eigenvalue weighted by molar-refractivity contribution is 5.99. The molecule has 4 aromatic rings. The summed E-state index contributed by atoms with van der Waals surface area (Å²) in [5.41, 5.74) is 1.77. The van der Waals surface area contributed by atoms with Crippen molar-refractivity contribution in [1.29, 1.82) is 0 Å². The number of hydrogen-bond donors (Lipinski definition) is 0. The Hall–Kier alpha value is -3.60. The zero-order valence-corrected chi connectivity index (χ0v) is 13.9. The number of pyridine rings is 3. The van der Waals surface area contributed by atoms with E-state index in [4.69, 9.17) is 0 Å². The second kappa shape index (κ2) is 6.72. The van der Waals surface area contributed by atoms with E-state index in [-0.39, 0.29) is 23.3 Å². The van der Waals surface area contributed by atoms with Gasteiger partial charge >= 0.3 is 0 Å². The molecule has 3 heterocycles. The number of nitrogens with zero attached hydrogens (tertiary/aromatic N) is 3. The average molecular weight is 341 g/mol. The molecule has 0 radical (unpaired) electrons. The van der Waals surface area contributed by atoms with Gasteiger partial charge in [-0.2, -0.15) is 0 Å². The van der Waals surface area contributed by atoms with Crippen LogP contribution in [0.3, 0.4) is 0 Å². The summed E-state index contributed by atoms with van der Waals surface area (Å²) >= 11 is 0. The fourth-order valence-electron chi connectivity index (χ4n) is 2.94. The van der Waals surface area contributed by atoms with E-state index in [1.807, 2.05) is 42.5 Å². The molecule has 26 heavy (non-hydrogen) atoms. The Bertz CT molecular complexity index is 1140. The molecule has 0 saturated heterocycles. The predicted octanol–water partition coefficient (Wildman–Crippen LogP) is 3.21. The molecule has 0 amide bonds. The van der Waals surface area contributed by atoms with Crippen molar-refractivity contribution >= 4 is 16.8 Å². The summed E-state index contributed by atoms with van der Waals surface area (Å²) in [7, 11) is 0. The zero-order chi connectivity index (χ0) is 17.9. The van der Waals surface area contributed by atoms with Crippen molar-refractivity contribution in [3.63, 3.8) is 0 Å². The molecular weight excluding hydrogens is 326 g/mol. The van der Waals surface area contributed by atoms with Crippen LogP contribution in [0.1, 0.15) is 15.9 Å². The highest BCUT2D eigenvalue weighted by Gasteiger charge is 2.17. The third kappa shape index (κ3) is 2.91. The first-order chi connectivity index (χ1) is 12.7. The normalized spacial score (nSPS) is 10.8. The lowest BCUT2D eigenvalue weighted by Crippen LogP contribution is -2.26. The lowest BCUT2D eigenvalue weighted by atomic mass is 10.0. The van der Waals surface area contributed by atoms with Gasteiger partial charge in [0, 0.05) is 30.4 Å². The third-order valence-electron chi connectivity index (χ3n) is 4.16. The highest BCUT2D eigenvalue weighted by Crippen LogP contribution is 2.16. The molecule has 5 nitrogen and oxygen atoms in total. The molecule has 4 rings (SSSR count). The molecule has 126 valence electrons. The third-order valence-corrected chi connectivity index (χ3v) is 4.16. The van der Waals surface area contributed by atoms with Gasteiger partial charge in [-0.25, -0.2) is 4.98 Å². The van der Waals surface area contributed by atoms with Crippen molar-refractivity contribution in [2.45, 2.75) is 6.42 Å². The summed E-state index contributed by atoms with van der Waals surface area (Å²) in [4.78, 5) is 34.3. The van der Waals surface area contributed by atoms with Gasteiger partial charge in [-0.05, 0) is 42.0 Å². The summed E-state index contributed by atoms with van der Waals surface area (Å²) in [6, 6.07) is 18.1. The van der Waals surface area contributed by atoms with E-state index in [1.165, 1.54) is 4.57 Å². The first-order valence-corrected chi connectivity index (χ1v) is 8.22. The molecule has 1 aromatic carbocycles. The van der Waals surface area contributed by atoms with Gasteiger partial charge < -0.3 is 0 Å². The number of benzene rings is 1. The van der Waals surface area contributed by atoms with E-state index in [9.17, 15) is 9.59 Å². The molecule has 3 aromatic heterocycles. The Balaban J connectivity index is 1.90. The van der Waals surface area contributed by atoms with Crippen LogP contribution >= 0.6 is 0 Å². The van der Waals surface area contributed by atoms with Crippen molar-refractivity contribution < 1.29 is 4.79 Å². The molecule has 0 unspecified atom stereocenters. The number of carbonyl (C=O) groups excluding carboxylic acids is 1. The topological polar surface area (TPSA) is 64.8 Å². The van der Waals surface area contributed by atoms with Gasteiger partial charge in [0.05, 0.1) is 11.3 Å². The van der Waals surface area contributed by atoms with E-state index in [1.54, 1.807) is 36.8 Å². The van der Waals surface area contributed by atoms with E-state index in [2.05, 4.69) is 9.97 Å². The highest BCUT2D eigenvalue weighted by atomic mass is 16.1. The maximum atomic E-state index is 13.1. The molecule has 0 aliphatic heterocycles. The van der Waals surface area contributed by atoms with Crippen LogP contribution in [0, 0.1) is 0 Å². The van der Waals surface area contributed by atoms with Crippen molar-refractivity contribution in [3.05, 3.63) is 101 Å². The standard InChI is InChI=1S/C21H15N3O2/c25-19(12-15-6-4-10-22-14-15)18-13-16-7-5-11-23-20(16)24(21(18)26)17-8-2-1-3-9-17/h1-11,13-14H,12H2. The Labute approximate surface area is 149 Å². The van der Waals surface area contributed by atoms with Gasteiger partial charge in [-0.3, -0.25) is 19.1 Å². The van der Waals surface area contributed by atoms with E-state index in [0.29, 0.717) is 11.3 Å². The Morgan fingerprint density at radius 3 is 2.54 bits per heavy atom. The largest absolute Gasteiger partial charge is 0.294 e. The fraction of sp³-hybridized carbons (Fsp3) is 0.0476. The Morgan fingerprint density at radius 2 is 1.77 bits per heavy atom. The Kier molecular flexibility index (Phi) is 4.11. The number of rotatable bonds is 4. The van der Waals surface area contributed by atoms with E-state index >= 15 is 0 Å². The Morgan fingerprint density at radius 1 is 0.962 bits per heavy atom. The molecule has 0 fully saturated rings. The second-order valence-corrected chi connectivity index (χ2v) is 5.91. The van der Waals surface area contributed by atoms with Gasteiger partial charge in [0.25, 0.3) is 5.56 Å². The smallest absolute Gasteiger partial charge is 0.267 e. The number of hydrogen-bond acceptors (Lipinski definition) is 4. The molecule has 0 N–H and O–H groups in total. The number of aromatic nitrogens is 3. The number of fused-ring (bicyclic) bond motifs is 1. The monoisotopic (exact) mass is 341 g/mol. The lowest BCUT2D eigenvalue weighted by molar-refractivity contribution is 0.0991.